The Hall–Kier alpha value is -2.64. The number of rotatable bonds is 8. The minimum atomic E-state index is -0.766. The number of hydrogen-bond acceptors (Lipinski definition) is 7. The molecule has 2 bridgehead atoms. The van der Waals surface area contributed by atoms with Crippen molar-refractivity contribution in [3.05, 3.63) is 16.9 Å². The van der Waals surface area contributed by atoms with E-state index >= 15 is 0 Å². The molecule has 2 aliphatic rings. The van der Waals surface area contributed by atoms with E-state index in [1.54, 1.807) is 6.92 Å². The molecule has 1 heterocycles. The maximum Gasteiger partial charge on any atom is 0.344 e. The first kappa shape index (κ1) is 21.1. The smallest absolute Gasteiger partial charge is 0.344 e. The largest absolute Gasteiger partial charge is 0.462 e. The summed E-state index contributed by atoms with van der Waals surface area (Å²) in [7, 11) is 0. The third-order valence-electron chi connectivity index (χ3n) is 5.85. The van der Waals surface area contributed by atoms with Crippen LogP contribution in [-0.2, 0) is 19.1 Å². The van der Waals surface area contributed by atoms with Crippen molar-refractivity contribution in [2.45, 2.75) is 52.9 Å². The lowest BCUT2D eigenvalue weighted by Gasteiger charge is -2.20. The van der Waals surface area contributed by atoms with Crippen LogP contribution >= 0.6 is 0 Å². The quantitative estimate of drug-likeness (QED) is 0.522. The normalized spacial score (nSPS) is 22.4. The Labute approximate surface area is 169 Å². The minimum absolute atomic E-state index is 0.0621. The summed E-state index contributed by atoms with van der Waals surface area (Å²) in [5.74, 6) is -0.492. The maximum absolute atomic E-state index is 12.2. The number of carbonyl (C=O) groups is 4. The second-order valence-electron chi connectivity index (χ2n) is 7.86. The number of Topliss-reactive ketones (excluding diaryl/α,β-unsaturated/α-hetero) is 1. The van der Waals surface area contributed by atoms with Crippen LogP contribution in [0.3, 0.4) is 0 Å². The predicted molar refractivity (Wildman–Crippen MR) is 103 cm³/mol. The monoisotopic (exact) mass is 405 g/mol. The molecule has 0 unspecified atom stereocenters. The van der Waals surface area contributed by atoms with E-state index < -0.39 is 24.5 Å². The first-order chi connectivity index (χ1) is 13.8. The standard InChI is InChI=1S/C21H27NO7/c1-4-27-21(26)19-18(11(2)23)12(3)29-20(19)22-16(24)10-28-17(25)9-15-8-13-5-6-14(15)7-13/h13-15H,4-10H2,1-3H3,(H,22,24)/t13-,14+,15-/m0/s1. The van der Waals surface area contributed by atoms with Crippen LogP contribution in [0.4, 0.5) is 5.88 Å². The number of ether oxygens (including phenoxy) is 2. The van der Waals surface area contributed by atoms with E-state index in [9.17, 15) is 19.2 Å². The first-order valence-corrected chi connectivity index (χ1v) is 10.1. The molecule has 0 spiro atoms. The van der Waals surface area contributed by atoms with Crippen LogP contribution in [0.15, 0.2) is 4.42 Å². The Bertz CT molecular complexity index is 825. The van der Waals surface area contributed by atoms with Crippen LogP contribution < -0.4 is 5.32 Å². The predicted octanol–water partition coefficient (Wildman–Crippen LogP) is 3.28. The van der Waals surface area contributed by atoms with Gasteiger partial charge < -0.3 is 13.9 Å². The molecule has 1 N–H and O–H groups in total. The Balaban J connectivity index is 1.58. The second kappa shape index (κ2) is 8.80. The lowest BCUT2D eigenvalue weighted by molar-refractivity contribution is -0.148. The number of nitrogens with one attached hydrogen (secondary N) is 1. The molecule has 8 heteroatoms. The van der Waals surface area contributed by atoms with E-state index in [-0.39, 0.29) is 35.2 Å². The summed E-state index contributed by atoms with van der Waals surface area (Å²) < 4.78 is 15.5. The van der Waals surface area contributed by atoms with Crippen molar-refractivity contribution in [3.8, 4) is 0 Å². The van der Waals surface area contributed by atoms with Crippen LogP contribution in [0.2, 0.25) is 0 Å². The lowest BCUT2D eigenvalue weighted by Crippen LogP contribution is -2.24. The number of hydrogen-bond donors (Lipinski definition) is 1. The Morgan fingerprint density at radius 1 is 1.10 bits per heavy atom. The molecular weight excluding hydrogens is 378 g/mol. The summed E-state index contributed by atoms with van der Waals surface area (Å²) in [6.07, 6.45) is 5.03. The Morgan fingerprint density at radius 2 is 1.86 bits per heavy atom. The number of carbonyl (C=O) groups excluding carboxylic acids is 4. The fourth-order valence-electron chi connectivity index (χ4n) is 4.66. The van der Waals surface area contributed by atoms with Crippen molar-refractivity contribution in [2.24, 2.45) is 17.8 Å². The highest BCUT2D eigenvalue weighted by molar-refractivity contribution is 6.10. The molecule has 0 radical (unpaired) electrons. The molecule has 0 aromatic carbocycles. The summed E-state index contributed by atoms with van der Waals surface area (Å²) >= 11 is 0. The summed E-state index contributed by atoms with van der Waals surface area (Å²) in [6.45, 7) is 4.06. The molecule has 1 amide bonds. The number of ketones is 1. The van der Waals surface area contributed by atoms with E-state index in [1.165, 1.54) is 33.1 Å². The molecule has 3 atom stereocenters. The SMILES string of the molecule is CCOC(=O)c1c(NC(=O)COC(=O)C[C@@H]2C[C@H]3CC[C@@H]2C3)oc(C)c1C(C)=O. The van der Waals surface area contributed by atoms with Crippen molar-refractivity contribution in [1.29, 1.82) is 0 Å². The van der Waals surface area contributed by atoms with Gasteiger partial charge >= 0.3 is 11.9 Å². The molecular formula is C21H27NO7. The molecule has 1 aromatic heterocycles. The Morgan fingerprint density at radius 3 is 2.45 bits per heavy atom. The molecule has 3 rings (SSSR count). The van der Waals surface area contributed by atoms with E-state index in [2.05, 4.69) is 5.32 Å². The van der Waals surface area contributed by atoms with Crippen molar-refractivity contribution < 1.29 is 33.1 Å². The van der Waals surface area contributed by atoms with Crippen molar-refractivity contribution in [2.75, 3.05) is 18.5 Å². The fourth-order valence-corrected chi connectivity index (χ4v) is 4.66. The number of fused-ring (bicyclic) bond motifs is 2. The zero-order valence-electron chi connectivity index (χ0n) is 17.0. The van der Waals surface area contributed by atoms with Crippen molar-refractivity contribution >= 4 is 29.5 Å². The summed E-state index contributed by atoms with van der Waals surface area (Å²) in [4.78, 5) is 48.4. The zero-order valence-corrected chi connectivity index (χ0v) is 17.0. The van der Waals surface area contributed by atoms with E-state index in [4.69, 9.17) is 13.9 Å². The number of furan rings is 1. The van der Waals surface area contributed by atoms with Gasteiger partial charge in [0, 0.05) is 6.42 Å². The molecule has 1 aromatic rings. The van der Waals surface area contributed by atoms with Gasteiger partial charge in [0.1, 0.15) is 11.3 Å². The van der Waals surface area contributed by atoms with Crippen LogP contribution in [0.25, 0.3) is 0 Å². The van der Waals surface area contributed by atoms with Gasteiger partial charge in [-0.15, -0.1) is 0 Å². The first-order valence-electron chi connectivity index (χ1n) is 10.1. The fraction of sp³-hybridized carbons (Fsp3) is 0.619. The topological polar surface area (TPSA) is 112 Å². The molecule has 158 valence electrons. The molecule has 8 nitrogen and oxygen atoms in total. The average molecular weight is 405 g/mol. The molecule has 29 heavy (non-hydrogen) atoms. The van der Waals surface area contributed by atoms with Crippen LogP contribution in [-0.4, -0.2) is 36.8 Å². The van der Waals surface area contributed by atoms with Gasteiger partial charge in [0.2, 0.25) is 5.88 Å². The van der Waals surface area contributed by atoms with Crippen molar-refractivity contribution in [1.82, 2.24) is 0 Å². The average Bonchev–Trinajstić information content (AvgIpc) is 3.34. The van der Waals surface area contributed by atoms with Gasteiger partial charge in [-0.2, -0.15) is 0 Å². The number of aryl methyl sites for hydroxylation is 1. The van der Waals surface area contributed by atoms with E-state index in [0.29, 0.717) is 18.3 Å². The van der Waals surface area contributed by atoms with Gasteiger partial charge in [-0.25, -0.2) is 4.79 Å². The highest BCUT2D eigenvalue weighted by atomic mass is 16.5. The number of amides is 1. The lowest BCUT2D eigenvalue weighted by atomic mass is 9.86. The summed E-state index contributed by atoms with van der Waals surface area (Å²) in [5, 5.41) is 2.41. The van der Waals surface area contributed by atoms with Crippen LogP contribution in [0.5, 0.6) is 0 Å². The van der Waals surface area contributed by atoms with Gasteiger partial charge in [-0.05, 0) is 57.8 Å². The van der Waals surface area contributed by atoms with Gasteiger partial charge in [0.25, 0.3) is 5.91 Å². The number of anilines is 1. The van der Waals surface area contributed by atoms with E-state index in [0.717, 1.165) is 12.3 Å². The second-order valence-corrected chi connectivity index (χ2v) is 7.86. The third-order valence-corrected chi connectivity index (χ3v) is 5.85. The minimum Gasteiger partial charge on any atom is -0.462 e. The van der Waals surface area contributed by atoms with Crippen LogP contribution in [0, 0.1) is 24.7 Å². The molecule has 2 aliphatic carbocycles. The molecule has 2 fully saturated rings. The molecule has 2 saturated carbocycles. The maximum atomic E-state index is 12.2. The van der Waals surface area contributed by atoms with Gasteiger partial charge in [-0.3, -0.25) is 19.7 Å². The Kier molecular flexibility index (Phi) is 6.39. The third kappa shape index (κ3) is 4.68. The molecule has 0 saturated heterocycles. The number of esters is 2. The zero-order chi connectivity index (χ0) is 21.1. The van der Waals surface area contributed by atoms with Crippen molar-refractivity contribution in [3.63, 3.8) is 0 Å². The molecule has 0 aliphatic heterocycles. The summed E-state index contributed by atoms with van der Waals surface area (Å²) in [5.41, 5.74) is -0.0643. The van der Waals surface area contributed by atoms with E-state index in [1.807, 2.05) is 0 Å². The van der Waals surface area contributed by atoms with Gasteiger partial charge in [-0.1, -0.05) is 6.42 Å². The van der Waals surface area contributed by atoms with Gasteiger partial charge in [0.05, 0.1) is 12.2 Å². The highest BCUT2D eigenvalue weighted by Crippen LogP contribution is 2.49. The van der Waals surface area contributed by atoms with Gasteiger partial charge in [0.15, 0.2) is 12.4 Å². The highest BCUT2D eigenvalue weighted by Gasteiger charge is 2.40. The summed E-state index contributed by atoms with van der Waals surface area (Å²) in [6, 6.07) is 0. The van der Waals surface area contributed by atoms with Crippen LogP contribution in [0.1, 0.15) is 72.4 Å².